The van der Waals surface area contributed by atoms with Gasteiger partial charge in [-0.2, -0.15) is 5.10 Å². The number of carbonyl (C=O) groups is 2. The number of nitrogens with zero attached hydrogens (tertiary/aromatic N) is 3. The zero-order valence-corrected chi connectivity index (χ0v) is 14.6. The Hall–Kier alpha value is -3.43. The minimum Gasteiger partial charge on any atom is -0.481 e. The van der Waals surface area contributed by atoms with Crippen molar-refractivity contribution < 1.29 is 19.6 Å². The third-order valence-corrected chi connectivity index (χ3v) is 3.82. The number of hydrogen-bond donors (Lipinski definition) is 3. The second-order valence-corrected chi connectivity index (χ2v) is 5.94. The third kappa shape index (κ3) is 7.14. The zero-order chi connectivity index (χ0) is 19.6. The van der Waals surface area contributed by atoms with Crippen molar-refractivity contribution in [1.29, 1.82) is 0 Å². The number of carboxylic acids is 1. The molecular weight excluding hydrogens is 354 g/mol. The number of carbonyl (C=O) groups excluding carboxylic acids is 1. The van der Waals surface area contributed by atoms with Crippen LogP contribution in [0, 0.1) is 10.1 Å². The molecule has 0 saturated heterocycles. The number of aromatic nitrogens is 2. The van der Waals surface area contributed by atoms with E-state index in [9.17, 15) is 19.7 Å². The minimum absolute atomic E-state index is 0.0469. The molecule has 0 aliphatic rings. The molecule has 144 valence electrons. The number of nitrogens with one attached hydrogen (secondary N) is 2. The summed E-state index contributed by atoms with van der Waals surface area (Å²) in [6.07, 6.45) is 3.21. The van der Waals surface area contributed by atoms with E-state index in [-0.39, 0.29) is 31.2 Å². The van der Waals surface area contributed by atoms with E-state index in [1.165, 1.54) is 10.9 Å². The van der Waals surface area contributed by atoms with Gasteiger partial charge in [0.2, 0.25) is 0 Å². The van der Waals surface area contributed by atoms with Crippen molar-refractivity contribution >= 4 is 17.7 Å². The third-order valence-electron chi connectivity index (χ3n) is 3.82. The van der Waals surface area contributed by atoms with Crippen LogP contribution in [0.25, 0.3) is 0 Å². The normalized spacial score (nSPS) is 11.6. The van der Waals surface area contributed by atoms with E-state index in [1.807, 2.05) is 30.3 Å². The molecule has 2 amide bonds. The predicted octanol–water partition coefficient (Wildman–Crippen LogP) is 1.57. The zero-order valence-electron chi connectivity index (χ0n) is 14.6. The molecule has 0 aliphatic heterocycles. The first kappa shape index (κ1) is 19.9. The number of hydrogen-bond acceptors (Lipinski definition) is 5. The summed E-state index contributed by atoms with van der Waals surface area (Å²) in [5, 5.41) is 28.8. The van der Waals surface area contributed by atoms with E-state index in [1.54, 1.807) is 0 Å². The Bertz CT molecular complexity index is 777. The van der Waals surface area contributed by atoms with Crippen molar-refractivity contribution in [2.75, 3.05) is 6.54 Å². The fourth-order valence-electron chi connectivity index (χ4n) is 2.51. The van der Waals surface area contributed by atoms with Gasteiger partial charge in [-0.05, 0) is 18.4 Å². The lowest BCUT2D eigenvalue weighted by Crippen LogP contribution is -2.44. The Morgan fingerprint density at radius 3 is 2.67 bits per heavy atom. The lowest BCUT2D eigenvalue weighted by atomic mass is 10.0. The van der Waals surface area contributed by atoms with Gasteiger partial charge in [0.1, 0.15) is 12.4 Å². The molecule has 3 N–H and O–H groups in total. The van der Waals surface area contributed by atoms with E-state index in [4.69, 9.17) is 5.11 Å². The minimum atomic E-state index is -0.921. The van der Waals surface area contributed by atoms with Crippen LogP contribution in [0.3, 0.4) is 0 Å². The Labute approximate surface area is 155 Å². The molecule has 2 rings (SSSR count). The van der Waals surface area contributed by atoms with Gasteiger partial charge in [-0.25, -0.2) is 4.79 Å². The van der Waals surface area contributed by atoms with Crippen molar-refractivity contribution in [1.82, 2.24) is 20.4 Å². The largest absolute Gasteiger partial charge is 0.481 e. The summed E-state index contributed by atoms with van der Waals surface area (Å²) >= 11 is 0. The maximum Gasteiger partial charge on any atom is 0.315 e. The summed E-state index contributed by atoms with van der Waals surface area (Å²) in [4.78, 5) is 33.0. The summed E-state index contributed by atoms with van der Waals surface area (Å²) in [7, 11) is 0. The van der Waals surface area contributed by atoms with Gasteiger partial charge in [-0.3, -0.25) is 19.6 Å². The number of nitro groups is 1. The van der Waals surface area contributed by atoms with Crippen molar-refractivity contribution in [3.05, 3.63) is 58.4 Å². The first-order valence-corrected chi connectivity index (χ1v) is 8.41. The Morgan fingerprint density at radius 1 is 1.30 bits per heavy atom. The molecule has 10 heteroatoms. The van der Waals surface area contributed by atoms with E-state index >= 15 is 0 Å². The Morgan fingerprint density at radius 2 is 2.04 bits per heavy atom. The number of carboxylic acid groups (broad SMARTS) is 1. The van der Waals surface area contributed by atoms with Gasteiger partial charge in [0.05, 0.1) is 11.5 Å². The second kappa shape index (κ2) is 9.90. The van der Waals surface area contributed by atoms with E-state index in [2.05, 4.69) is 15.7 Å². The first-order chi connectivity index (χ1) is 12.9. The van der Waals surface area contributed by atoms with Crippen LogP contribution in [0.4, 0.5) is 10.5 Å². The van der Waals surface area contributed by atoms with Crippen LogP contribution in [-0.2, 0) is 17.8 Å². The monoisotopic (exact) mass is 375 g/mol. The van der Waals surface area contributed by atoms with Crippen LogP contribution in [0.15, 0.2) is 42.7 Å². The summed E-state index contributed by atoms with van der Waals surface area (Å²) in [5.41, 5.74) is 0.882. The summed E-state index contributed by atoms with van der Waals surface area (Å²) in [5.74, 6) is -0.921. The SMILES string of the molecule is O=C(O)CCC(Cc1ccccc1)NC(=O)NCCn1cc([N+](=O)[O-])cn1. The average molecular weight is 375 g/mol. The van der Waals surface area contributed by atoms with Crippen LogP contribution in [0.5, 0.6) is 0 Å². The first-order valence-electron chi connectivity index (χ1n) is 8.41. The van der Waals surface area contributed by atoms with Crippen molar-refractivity contribution in [2.45, 2.75) is 31.8 Å². The standard InChI is InChI=1S/C17H21N5O5/c23-16(24)7-6-14(10-13-4-2-1-3-5-13)20-17(25)18-8-9-21-12-15(11-19-21)22(26)27/h1-5,11-12,14H,6-10H2,(H,23,24)(H2,18,20,25). The van der Waals surface area contributed by atoms with E-state index in [0.717, 1.165) is 11.8 Å². The maximum atomic E-state index is 12.1. The summed E-state index contributed by atoms with van der Waals surface area (Å²) in [6, 6.07) is 8.72. The molecule has 2 aromatic rings. The summed E-state index contributed by atoms with van der Waals surface area (Å²) < 4.78 is 1.37. The highest BCUT2D eigenvalue weighted by atomic mass is 16.6. The molecule has 0 spiro atoms. The van der Waals surface area contributed by atoms with Gasteiger partial charge < -0.3 is 15.7 Å². The predicted molar refractivity (Wildman–Crippen MR) is 96.2 cm³/mol. The highest BCUT2D eigenvalue weighted by Crippen LogP contribution is 2.08. The Kier molecular flexibility index (Phi) is 7.29. The second-order valence-electron chi connectivity index (χ2n) is 5.94. The van der Waals surface area contributed by atoms with Crippen LogP contribution in [-0.4, -0.2) is 44.4 Å². The smallest absolute Gasteiger partial charge is 0.315 e. The average Bonchev–Trinajstić information content (AvgIpc) is 3.10. The maximum absolute atomic E-state index is 12.1. The highest BCUT2D eigenvalue weighted by molar-refractivity contribution is 5.74. The molecule has 1 atom stereocenters. The van der Waals surface area contributed by atoms with Gasteiger partial charge in [-0.1, -0.05) is 30.3 Å². The molecule has 1 unspecified atom stereocenters. The van der Waals surface area contributed by atoms with Gasteiger partial charge in [-0.15, -0.1) is 0 Å². The summed E-state index contributed by atoms with van der Waals surface area (Å²) in [6.45, 7) is 0.501. The van der Waals surface area contributed by atoms with Gasteiger partial charge in [0.15, 0.2) is 0 Å². The van der Waals surface area contributed by atoms with Crippen LogP contribution < -0.4 is 10.6 Å². The number of aliphatic carboxylic acids is 1. The molecule has 0 radical (unpaired) electrons. The number of benzene rings is 1. The van der Waals surface area contributed by atoms with Crippen LogP contribution in [0.1, 0.15) is 18.4 Å². The van der Waals surface area contributed by atoms with E-state index in [0.29, 0.717) is 12.8 Å². The van der Waals surface area contributed by atoms with Gasteiger partial charge in [0.25, 0.3) is 0 Å². The highest BCUT2D eigenvalue weighted by Gasteiger charge is 2.15. The number of amides is 2. The van der Waals surface area contributed by atoms with Crippen LogP contribution >= 0.6 is 0 Å². The number of rotatable bonds is 10. The molecule has 1 aromatic carbocycles. The molecule has 1 heterocycles. The molecule has 0 fully saturated rings. The molecule has 0 saturated carbocycles. The Balaban J connectivity index is 1.82. The van der Waals surface area contributed by atoms with Gasteiger partial charge in [0, 0.05) is 19.0 Å². The molecular formula is C17H21N5O5. The van der Waals surface area contributed by atoms with Gasteiger partial charge >= 0.3 is 17.7 Å². The molecule has 0 bridgehead atoms. The molecule has 27 heavy (non-hydrogen) atoms. The van der Waals surface area contributed by atoms with Crippen molar-refractivity contribution in [2.24, 2.45) is 0 Å². The lowest BCUT2D eigenvalue weighted by Gasteiger charge is -2.18. The fraction of sp³-hybridized carbons (Fsp3) is 0.353. The lowest BCUT2D eigenvalue weighted by molar-refractivity contribution is -0.385. The fourth-order valence-corrected chi connectivity index (χ4v) is 2.51. The molecule has 0 aliphatic carbocycles. The van der Waals surface area contributed by atoms with E-state index < -0.39 is 16.9 Å². The van der Waals surface area contributed by atoms with Crippen LogP contribution in [0.2, 0.25) is 0 Å². The molecule has 10 nitrogen and oxygen atoms in total. The number of urea groups is 1. The quantitative estimate of drug-likeness (QED) is 0.425. The van der Waals surface area contributed by atoms with Crippen molar-refractivity contribution in [3.63, 3.8) is 0 Å². The topological polar surface area (TPSA) is 139 Å². The molecule has 1 aromatic heterocycles. The van der Waals surface area contributed by atoms with Crippen molar-refractivity contribution in [3.8, 4) is 0 Å².